The molecule has 0 spiro atoms. The van der Waals surface area contributed by atoms with Gasteiger partial charge in [0.05, 0.1) is 19.8 Å². The van der Waals surface area contributed by atoms with E-state index in [4.69, 9.17) is 9.47 Å². The summed E-state index contributed by atoms with van der Waals surface area (Å²) in [5.74, 6) is 2.33. The topological polar surface area (TPSA) is 72.7 Å². The Morgan fingerprint density at radius 3 is 2.93 bits per heavy atom. The average molecular weight is 513 g/mol. The van der Waals surface area contributed by atoms with E-state index >= 15 is 0 Å². The number of imidazole rings is 1. The summed E-state index contributed by atoms with van der Waals surface area (Å²) in [5, 5.41) is 6.66. The number of rotatable bonds is 10. The van der Waals surface area contributed by atoms with Crippen LogP contribution in [0.15, 0.2) is 47.7 Å². The van der Waals surface area contributed by atoms with E-state index in [9.17, 15) is 0 Å². The molecule has 0 bridgehead atoms. The fourth-order valence-electron chi connectivity index (χ4n) is 3.16. The first-order chi connectivity index (χ1) is 13.8. The van der Waals surface area contributed by atoms with Crippen molar-refractivity contribution in [2.24, 2.45) is 10.9 Å². The SMILES string of the molecule is CN=C(NCCCOCC1CCOC1)NCc1nccn1Cc1ccccc1.I. The van der Waals surface area contributed by atoms with Crippen molar-refractivity contribution < 1.29 is 9.47 Å². The summed E-state index contributed by atoms with van der Waals surface area (Å²) in [6.07, 6.45) is 5.90. The Morgan fingerprint density at radius 1 is 1.31 bits per heavy atom. The third-order valence-corrected chi connectivity index (χ3v) is 4.77. The minimum atomic E-state index is 0. The monoisotopic (exact) mass is 513 g/mol. The van der Waals surface area contributed by atoms with E-state index in [-0.39, 0.29) is 24.0 Å². The van der Waals surface area contributed by atoms with Crippen molar-refractivity contribution in [1.82, 2.24) is 20.2 Å². The van der Waals surface area contributed by atoms with Crippen LogP contribution in [0.2, 0.25) is 0 Å². The molecule has 1 atom stereocenters. The Balaban J connectivity index is 0.00000300. The molecule has 0 aliphatic carbocycles. The molecule has 0 radical (unpaired) electrons. The first kappa shape index (κ1) is 23.6. The molecule has 8 heteroatoms. The van der Waals surface area contributed by atoms with E-state index in [0.717, 1.165) is 64.1 Å². The molecule has 2 heterocycles. The molecule has 160 valence electrons. The van der Waals surface area contributed by atoms with Crippen molar-refractivity contribution in [3.05, 3.63) is 54.1 Å². The van der Waals surface area contributed by atoms with Gasteiger partial charge >= 0.3 is 0 Å². The number of nitrogens with one attached hydrogen (secondary N) is 2. The molecule has 2 aromatic rings. The van der Waals surface area contributed by atoms with Gasteiger partial charge in [0, 0.05) is 51.7 Å². The molecule has 1 unspecified atom stereocenters. The largest absolute Gasteiger partial charge is 0.381 e. The Morgan fingerprint density at radius 2 is 2.17 bits per heavy atom. The summed E-state index contributed by atoms with van der Waals surface area (Å²) >= 11 is 0. The number of halogens is 1. The number of nitrogens with zero attached hydrogens (tertiary/aromatic N) is 3. The molecule has 1 aromatic heterocycles. The van der Waals surface area contributed by atoms with Crippen molar-refractivity contribution in [1.29, 1.82) is 0 Å². The summed E-state index contributed by atoms with van der Waals surface area (Å²) in [7, 11) is 1.78. The lowest BCUT2D eigenvalue weighted by Gasteiger charge is -2.13. The molecule has 1 saturated heterocycles. The number of hydrogen-bond acceptors (Lipinski definition) is 4. The number of hydrogen-bond donors (Lipinski definition) is 2. The van der Waals surface area contributed by atoms with Crippen LogP contribution in [-0.2, 0) is 22.6 Å². The highest BCUT2D eigenvalue weighted by Crippen LogP contribution is 2.12. The minimum absolute atomic E-state index is 0. The minimum Gasteiger partial charge on any atom is -0.381 e. The van der Waals surface area contributed by atoms with Gasteiger partial charge in [0.15, 0.2) is 5.96 Å². The van der Waals surface area contributed by atoms with Crippen LogP contribution in [0.25, 0.3) is 0 Å². The Labute approximate surface area is 190 Å². The van der Waals surface area contributed by atoms with Gasteiger partial charge in [-0.1, -0.05) is 30.3 Å². The lowest BCUT2D eigenvalue weighted by atomic mass is 10.1. The van der Waals surface area contributed by atoms with Gasteiger partial charge in [0.25, 0.3) is 0 Å². The number of aromatic nitrogens is 2. The normalized spacial score (nSPS) is 16.4. The molecule has 3 rings (SSSR count). The van der Waals surface area contributed by atoms with Crippen LogP contribution in [0, 0.1) is 5.92 Å². The molecule has 1 aliphatic rings. The number of aliphatic imine (C=N–C) groups is 1. The van der Waals surface area contributed by atoms with Crippen molar-refractivity contribution in [3.63, 3.8) is 0 Å². The highest BCUT2D eigenvalue weighted by molar-refractivity contribution is 14.0. The maximum atomic E-state index is 5.73. The van der Waals surface area contributed by atoms with Gasteiger partial charge in [-0.2, -0.15) is 0 Å². The lowest BCUT2D eigenvalue weighted by Crippen LogP contribution is -2.38. The molecular formula is C21H32IN5O2. The molecule has 1 fully saturated rings. The average Bonchev–Trinajstić information content (AvgIpc) is 3.40. The summed E-state index contributed by atoms with van der Waals surface area (Å²) in [6.45, 7) is 5.53. The molecule has 0 saturated carbocycles. The molecule has 1 aliphatic heterocycles. The third-order valence-electron chi connectivity index (χ3n) is 4.77. The summed E-state index contributed by atoms with van der Waals surface area (Å²) < 4.78 is 13.2. The molecule has 1 aromatic carbocycles. The van der Waals surface area contributed by atoms with Crippen LogP contribution >= 0.6 is 24.0 Å². The zero-order valence-corrected chi connectivity index (χ0v) is 19.4. The second kappa shape index (κ2) is 13.6. The predicted molar refractivity (Wildman–Crippen MR) is 126 cm³/mol. The maximum absolute atomic E-state index is 5.73. The van der Waals surface area contributed by atoms with E-state index < -0.39 is 0 Å². The van der Waals surface area contributed by atoms with Gasteiger partial charge in [0.2, 0.25) is 0 Å². The fraction of sp³-hybridized carbons (Fsp3) is 0.524. The highest BCUT2D eigenvalue weighted by atomic mass is 127. The van der Waals surface area contributed by atoms with Crippen LogP contribution < -0.4 is 10.6 Å². The summed E-state index contributed by atoms with van der Waals surface area (Å²) in [4.78, 5) is 8.75. The van der Waals surface area contributed by atoms with Gasteiger partial charge in [-0.05, 0) is 18.4 Å². The quantitative estimate of drug-likeness (QED) is 0.221. The van der Waals surface area contributed by atoms with E-state index in [1.165, 1.54) is 5.56 Å². The first-order valence-electron chi connectivity index (χ1n) is 9.99. The highest BCUT2D eigenvalue weighted by Gasteiger charge is 2.15. The predicted octanol–water partition coefficient (Wildman–Crippen LogP) is 2.66. The van der Waals surface area contributed by atoms with Crippen LogP contribution in [-0.4, -0.2) is 55.5 Å². The third kappa shape index (κ3) is 8.31. The molecule has 0 amide bonds. The number of ether oxygens (including phenoxy) is 2. The Kier molecular flexibility index (Phi) is 11.0. The van der Waals surface area contributed by atoms with Crippen molar-refractivity contribution in [3.8, 4) is 0 Å². The molecule has 2 N–H and O–H groups in total. The van der Waals surface area contributed by atoms with Crippen molar-refractivity contribution in [2.75, 3.05) is 40.0 Å². The standard InChI is InChI=1S/C21H31N5O2.HI/c1-22-21(24-9-5-12-27-16-19-8-13-28-17-19)25-14-20-23-10-11-26(20)15-18-6-3-2-4-7-18;/h2-4,6-7,10-11,19H,5,8-9,12-17H2,1H3,(H2,22,24,25);1H. The van der Waals surface area contributed by atoms with Gasteiger partial charge in [0.1, 0.15) is 5.82 Å². The van der Waals surface area contributed by atoms with Gasteiger partial charge < -0.3 is 24.7 Å². The van der Waals surface area contributed by atoms with Crippen LogP contribution in [0.1, 0.15) is 24.2 Å². The van der Waals surface area contributed by atoms with Crippen LogP contribution in [0.3, 0.4) is 0 Å². The van der Waals surface area contributed by atoms with Gasteiger partial charge in [-0.3, -0.25) is 4.99 Å². The fourth-order valence-corrected chi connectivity index (χ4v) is 3.16. The maximum Gasteiger partial charge on any atom is 0.191 e. The number of benzene rings is 1. The summed E-state index contributed by atoms with van der Waals surface area (Å²) in [5.41, 5.74) is 1.26. The second-order valence-electron chi connectivity index (χ2n) is 6.97. The Hall–Kier alpha value is -1.65. The number of guanidine groups is 1. The van der Waals surface area contributed by atoms with E-state index in [1.807, 2.05) is 18.5 Å². The molecular weight excluding hydrogens is 481 g/mol. The van der Waals surface area contributed by atoms with Crippen LogP contribution in [0.4, 0.5) is 0 Å². The molecule has 29 heavy (non-hydrogen) atoms. The van der Waals surface area contributed by atoms with E-state index in [2.05, 4.69) is 49.4 Å². The lowest BCUT2D eigenvalue weighted by molar-refractivity contribution is 0.0888. The van der Waals surface area contributed by atoms with Gasteiger partial charge in [-0.25, -0.2) is 4.98 Å². The van der Waals surface area contributed by atoms with Crippen LogP contribution in [0.5, 0.6) is 0 Å². The smallest absolute Gasteiger partial charge is 0.191 e. The zero-order valence-electron chi connectivity index (χ0n) is 17.0. The Bertz CT molecular complexity index is 717. The summed E-state index contributed by atoms with van der Waals surface area (Å²) in [6, 6.07) is 10.4. The van der Waals surface area contributed by atoms with E-state index in [0.29, 0.717) is 12.5 Å². The molecule has 7 nitrogen and oxygen atoms in total. The van der Waals surface area contributed by atoms with E-state index in [1.54, 1.807) is 7.05 Å². The second-order valence-corrected chi connectivity index (χ2v) is 6.97. The van der Waals surface area contributed by atoms with Crippen molar-refractivity contribution in [2.45, 2.75) is 25.9 Å². The van der Waals surface area contributed by atoms with Gasteiger partial charge in [-0.15, -0.1) is 24.0 Å². The first-order valence-corrected chi connectivity index (χ1v) is 9.99. The zero-order chi connectivity index (χ0) is 19.4. The van der Waals surface area contributed by atoms with Crippen molar-refractivity contribution >= 4 is 29.9 Å².